The van der Waals surface area contributed by atoms with Crippen LogP contribution in [0.2, 0.25) is 5.02 Å². The molecular weight excluding hydrogens is 422 g/mol. The average molecular weight is 450 g/mol. The Bertz CT molecular complexity index is 1140. The smallest absolute Gasteiger partial charge is 0.185 e. The molecule has 0 unspecified atom stereocenters. The minimum Gasteiger partial charge on any atom is -0.338 e. The first-order chi connectivity index (χ1) is 15.5. The van der Waals surface area contributed by atoms with Crippen LogP contribution in [0.5, 0.6) is 0 Å². The number of anilines is 2. The summed E-state index contributed by atoms with van der Waals surface area (Å²) in [6, 6.07) is 11.6. The van der Waals surface area contributed by atoms with Crippen LogP contribution in [-0.4, -0.2) is 54.4 Å². The maximum atomic E-state index is 13.2. The summed E-state index contributed by atoms with van der Waals surface area (Å²) in [7, 11) is 3.96. The van der Waals surface area contributed by atoms with Crippen LogP contribution in [0.25, 0.3) is 10.9 Å². The van der Waals surface area contributed by atoms with E-state index in [4.69, 9.17) is 11.6 Å². The van der Waals surface area contributed by atoms with E-state index in [1.165, 1.54) is 6.33 Å². The first-order valence-corrected chi connectivity index (χ1v) is 11.3. The molecule has 2 aromatic carbocycles. The highest BCUT2D eigenvalue weighted by Crippen LogP contribution is 2.34. The van der Waals surface area contributed by atoms with Crippen LogP contribution < -0.4 is 10.6 Å². The molecule has 166 valence electrons. The Kier molecular flexibility index (Phi) is 7.15. The van der Waals surface area contributed by atoms with Crippen molar-refractivity contribution in [2.45, 2.75) is 18.8 Å². The summed E-state index contributed by atoms with van der Waals surface area (Å²) in [5.74, 6) is 1.01. The Labute approximate surface area is 193 Å². The van der Waals surface area contributed by atoms with Gasteiger partial charge in [0.2, 0.25) is 0 Å². The van der Waals surface area contributed by atoms with Crippen molar-refractivity contribution in [1.82, 2.24) is 20.2 Å². The molecule has 0 amide bonds. The molecule has 0 atom stereocenters. The number of hydrogen-bond donors (Lipinski definition) is 2. The van der Waals surface area contributed by atoms with Gasteiger partial charge in [0.15, 0.2) is 5.78 Å². The lowest BCUT2D eigenvalue weighted by Crippen LogP contribution is -2.27. The summed E-state index contributed by atoms with van der Waals surface area (Å²) in [6.07, 6.45) is 7.09. The van der Waals surface area contributed by atoms with E-state index in [2.05, 4.69) is 26.7 Å². The second-order valence-corrected chi connectivity index (χ2v) is 8.74. The van der Waals surface area contributed by atoms with Crippen molar-refractivity contribution in [2.24, 2.45) is 0 Å². The van der Waals surface area contributed by atoms with Gasteiger partial charge in [-0.05, 0) is 81.8 Å². The fourth-order valence-corrected chi connectivity index (χ4v) is 4.24. The van der Waals surface area contributed by atoms with Gasteiger partial charge in [0.1, 0.15) is 12.1 Å². The first kappa shape index (κ1) is 22.4. The van der Waals surface area contributed by atoms with E-state index in [-0.39, 0.29) is 5.78 Å². The maximum absolute atomic E-state index is 13.2. The number of piperidine rings is 1. The monoisotopic (exact) mass is 449 g/mol. The van der Waals surface area contributed by atoms with Gasteiger partial charge in [-0.15, -0.1) is 0 Å². The number of nitrogens with zero attached hydrogens (tertiary/aromatic N) is 3. The van der Waals surface area contributed by atoms with Crippen LogP contribution >= 0.6 is 11.6 Å². The number of rotatable bonds is 7. The fraction of sp³-hybridized carbons (Fsp3) is 0.320. The Morgan fingerprint density at radius 3 is 2.75 bits per heavy atom. The number of carbonyl (C=O) groups excluding carboxylic acids is 1. The molecule has 32 heavy (non-hydrogen) atoms. The second-order valence-electron chi connectivity index (χ2n) is 8.34. The van der Waals surface area contributed by atoms with Gasteiger partial charge in [-0.1, -0.05) is 29.8 Å². The third-order valence-corrected chi connectivity index (χ3v) is 6.05. The highest BCUT2D eigenvalue weighted by atomic mass is 35.5. The predicted molar refractivity (Wildman–Crippen MR) is 131 cm³/mol. The number of carbonyl (C=O) groups is 1. The number of benzene rings is 2. The number of nitrogens with one attached hydrogen (secondary N) is 2. The van der Waals surface area contributed by atoms with Crippen molar-refractivity contribution in [3.8, 4) is 0 Å². The van der Waals surface area contributed by atoms with Gasteiger partial charge < -0.3 is 15.5 Å². The number of aromatic nitrogens is 2. The summed E-state index contributed by atoms with van der Waals surface area (Å²) in [5, 5.41) is 8.26. The average Bonchev–Trinajstić information content (AvgIpc) is 2.80. The largest absolute Gasteiger partial charge is 0.338 e. The molecule has 0 radical (unpaired) electrons. The quantitative estimate of drug-likeness (QED) is 0.399. The zero-order valence-corrected chi connectivity index (χ0v) is 19.2. The molecule has 4 rings (SSSR count). The molecule has 6 nitrogen and oxygen atoms in total. The molecule has 2 heterocycles. The lowest BCUT2D eigenvalue weighted by molar-refractivity contribution is 0.104. The highest BCUT2D eigenvalue weighted by molar-refractivity contribution is 6.33. The minimum atomic E-state index is 0.0153. The number of allylic oxidation sites excluding steroid dienone is 1. The molecule has 0 aliphatic carbocycles. The summed E-state index contributed by atoms with van der Waals surface area (Å²) >= 11 is 6.35. The van der Waals surface area contributed by atoms with Gasteiger partial charge in [0.05, 0.1) is 16.2 Å². The SMILES string of the molecule is CN(C)C/C=C/C(=O)c1cc2ncnc(Nc3ccccc3Cl)c2cc1C1CCNCC1. The summed E-state index contributed by atoms with van der Waals surface area (Å²) in [6.45, 7) is 2.61. The molecule has 0 spiro atoms. The van der Waals surface area contributed by atoms with Crippen molar-refractivity contribution in [3.63, 3.8) is 0 Å². The van der Waals surface area contributed by atoms with E-state index in [1.54, 1.807) is 6.08 Å². The van der Waals surface area contributed by atoms with Crippen LogP contribution in [0.3, 0.4) is 0 Å². The highest BCUT2D eigenvalue weighted by Gasteiger charge is 2.22. The third kappa shape index (κ3) is 5.15. The van der Waals surface area contributed by atoms with E-state index in [9.17, 15) is 4.79 Å². The minimum absolute atomic E-state index is 0.0153. The van der Waals surface area contributed by atoms with Gasteiger partial charge in [-0.25, -0.2) is 9.97 Å². The Morgan fingerprint density at radius 1 is 1.22 bits per heavy atom. The second kappa shape index (κ2) is 10.2. The standard InChI is InChI=1S/C25H28ClN5O/c1-31(2)13-5-8-24(32)19-15-23-20(14-18(19)17-9-11-27-12-10-17)25(29-16-28-23)30-22-7-4-3-6-21(22)26/h3-8,14-17,27H,9-13H2,1-2H3,(H,28,29,30)/b8-5+. The zero-order chi connectivity index (χ0) is 22.5. The summed E-state index contributed by atoms with van der Waals surface area (Å²) in [5.41, 5.74) is 3.30. The molecule has 0 saturated carbocycles. The Hall–Kier alpha value is -2.80. The van der Waals surface area contributed by atoms with Crippen LogP contribution in [-0.2, 0) is 0 Å². The van der Waals surface area contributed by atoms with E-state index in [0.717, 1.165) is 60.2 Å². The van der Waals surface area contributed by atoms with Crippen LogP contribution in [0.15, 0.2) is 54.9 Å². The van der Waals surface area contributed by atoms with E-state index >= 15 is 0 Å². The van der Waals surface area contributed by atoms with Gasteiger partial charge in [-0.2, -0.15) is 0 Å². The van der Waals surface area contributed by atoms with Crippen molar-refractivity contribution in [1.29, 1.82) is 0 Å². The lowest BCUT2D eigenvalue weighted by atomic mass is 9.85. The van der Waals surface area contributed by atoms with E-state index in [1.807, 2.05) is 55.4 Å². The molecule has 1 fully saturated rings. The number of ketones is 1. The van der Waals surface area contributed by atoms with Gasteiger partial charge >= 0.3 is 0 Å². The molecule has 2 N–H and O–H groups in total. The van der Waals surface area contributed by atoms with Crippen LogP contribution in [0.4, 0.5) is 11.5 Å². The molecular formula is C25H28ClN5O. The summed E-state index contributed by atoms with van der Waals surface area (Å²) < 4.78 is 0. The number of para-hydroxylation sites is 1. The number of halogens is 1. The van der Waals surface area contributed by atoms with Crippen molar-refractivity contribution in [2.75, 3.05) is 39.0 Å². The number of hydrogen-bond acceptors (Lipinski definition) is 6. The number of likely N-dealkylation sites (N-methyl/N-ethyl adjacent to an activating group) is 1. The molecule has 1 aromatic heterocycles. The molecule has 1 saturated heterocycles. The molecule has 7 heteroatoms. The van der Waals surface area contributed by atoms with Gasteiger partial charge in [0, 0.05) is 17.5 Å². The normalized spacial score (nSPS) is 15.0. The van der Waals surface area contributed by atoms with Crippen molar-refractivity contribution in [3.05, 3.63) is 71.0 Å². The van der Waals surface area contributed by atoms with Crippen molar-refractivity contribution >= 4 is 39.8 Å². The molecule has 1 aliphatic rings. The predicted octanol–water partition coefficient (Wildman–Crippen LogP) is 4.79. The van der Waals surface area contributed by atoms with Crippen LogP contribution in [0.1, 0.15) is 34.7 Å². The first-order valence-electron chi connectivity index (χ1n) is 10.9. The molecule has 0 bridgehead atoms. The van der Waals surface area contributed by atoms with E-state index < -0.39 is 0 Å². The Morgan fingerprint density at radius 2 is 2.00 bits per heavy atom. The number of fused-ring (bicyclic) bond motifs is 1. The van der Waals surface area contributed by atoms with E-state index in [0.29, 0.717) is 16.8 Å². The third-order valence-electron chi connectivity index (χ3n) is 5.72. The fourth-order valence-electron chi connectivity index (χ4n) is 4.05. The topological polar surface area (TPSA) is 70.2 Å². The van der Waals surface area contributed by atoms with Crippen LogP contribution in [0, 0.1) is 0 Å². The van der Waals surface area contributed by atoms with Gasteiger partial charge in [0.25, 0.3) is 0 Å². The van der Waals surface area contributed by atoms with Crippen molar-refractivity contribution < 1.29 is 4.79 Å². The Balaban J connectivity index is 1.78. The molecule has 1 aliphatic heterocycles. The zero-order valence-electron chi connectivity index (χ0n) is 18.4. The maximum Gasteiger partial charge on any atom is 0.185 e. The molecule has 3 aromatic rings. The lowest BCUT2D eigenvalue weighted by Gasteiger charge is -2.25. The van der Waals surface area contributed by atoms with Gasteiger partial charge in [-0.3, -0.25) is 4.79 Å². The summed E-state index contributed by atoms with van der Waals surface area (Å²) in [4.78, 5) is 24.1.